The van der Waals surface area contributed by atoms with Gasteiger partial charge in [-0.05, 0) is 18.6 Å². The minimum atomic E-state index is -3.73. The first kappa shape index (κ1) is 15.6. The van der Waals surface area contributed by atoms with E-state index in [1.54, 1.807) is 12.1 Å². The van der Waals surface area contributed by atoms with Gasteiger partial charge in [-0.3, -0.25) is 0 Å². The molecule has 0 saturated heterocycles. The molecule has 0 heterocycles. The van der Waals surface area contributed by atoms with Gasteiger partial charge in [0.25, 0.3) is 0 Å². The van der Waals surface area contributed by atoms with Crippen LogP contribution in [0.25, 0.3) is 0 Å². The van der Waals surface area contributed by atoms with Gasteiger partial charge in [-0.25, -0.2) is 8.42 Å². The molecule has 0 radical (unpaired) electrons. The summed E-state index contributed by atoms with van der Waals surface area (Å²) in [5, 5.41) is 18.0. The molecule has 1 aromatic carbocycles. The molecule has 0 amide bonds. The Bertz CT molecular complexity index is 549. The summed E-state index contributed by atoms with van der Waals surface area (Å²) < 4.78 is 26.2. The highest BCUT2D eigenvalue weighted by atomic mass is 32.2. The maximum atomic E-state index is 12.5. The minimum Gasteiger partial charge on any atom is -0.395 e. The topological polar surface area (TPSA) is 81.4 Å². The molecule has 104 valence electrons. The smallest absolute Gasteiger partial charge is 0.244 e. The van der Waals surface area contributed by atoms with Crippen LogP contribution in [-0.4, -0.2) is 37.5 Å². The summed E-state index contributed by atoms with van der Waals surface area (Å²) in [6.07, 6.45) is 1.57. The Morgan fingerprint density at radius 3 is 2.58 bits per heavy atom. The molecule has 0 atom stereocenters. The molecule has 1 N–H and O–H groups in total. The normalized spacial score (nSPS) is 11.5. The summed E-state index contributed by atoms with van der Waals surface area (Å²) in [4.78, 5) is 0.00190. The third kappa shape index (κ3) is 3.77. The van der Waals surface area contributed by atoms with Crippen molar-refractivity contribution < 1.29 is 13.5 Å². The van der Waals surface area contributed by atoms with Gasteiger partial charge in [-0.2, -0.15) is 9.57 Å². The number of sulfonamides is 1. The van der Waals surface area contributed by atoms with E-state index in [1.165, 1.54) is 16.4 Å². The van der Waals surface area contributed by atoms with Crippen molar-refractivity contribution in [1.82, 2.24) is 4.31 Å². The standard InChI is InChI=1S/C13H18N2O3S/c1-2-3-8-15(9-10-16)19(17,18)13-7-5-4-6-12(13)11-14/h4-7,16H,2-3,8-10H2,1H3. The first-order valence-corrected chi connectivity index (χ1v) is 7.62. The molecule has 0 fully saturated rings. The highest BCUT2D eigenvalue weighted by Crippen LogP contribution is 2.19. The fourth-order valence-electron chi connectivity index (χ4n) is 1.72. The Morgan fingerprint density at radius 1 is 1.32 bits per heavy atom. The number of hydrogen-bond donors (Lipinski definition) is 1. The number of nitriles is 1. The number of rotatable bonds is 7. The molecule has 0 spiro atoms. The summed E-state index contributed by atoms with van der Waals surface area (Å²) >= 11 is 0. The van der Waals surface area contributed by atoms with Crippen molar-refractivity contribution in [2.75, 3.05) is 19.7 Å². The zero-order valence-corrected chi connectivity index (χ0v) is 11.7. The monoisotopic (exact) mass is 282 g/mol. The van der Waals surface area contributed by atoms with Crippen LogP contribution in [0.2, 0.25) is 0 Å². The Morgan fingerprint density at radius 2 is 2.00 bits per heavy atom. The molecule has 0 aliphatic carbocycles. The van der Waals surface area contributed by atoms with Crippen LogP contribution in [0.4, 0.5) is 0 Å². The molecular formula is C13H18N2O3S. The molecule has 5 nitrogen and oxygen atoms in total. The van der Waals surface area contributed by atoms with Gasteiger partial charge in [0.1, 0.15) is 6.07 Å². The van der Waals surface area contributed by atoms with Crippen LogP contribution in [0, 0.1) is 11.3 Å². The highest BCUT2D eigenvalue weighted by Gasteiger charge is 2.25. The van der Waals surface area contributed by atoms with Gasteiger partial charge in [0, 0.05) is 13.1 Å². The van der Waals surface area contributed by atoms with Gasteiger partial charge in [-0.1, -0.05) is 25.5 Å². The molecule has 19 heavy (non-hydrogen) atoms. The average molecular weight is 282 g/mol. The predicted octanol–water partition coefficient (Wildman–Crippen LogP) is 1.34. The molecule has 0 aromatic heterocycles. The zero-order valence-electron chi connectivity index (χ0n) is 10.9. The van der Waals surface area contributed by atoms with Gasteiger partial charge in [-0.15, -0.1) is 0 Å². The van der Waals surface area contributed by atoms with Crippen molar-refractivity contribution in [1.29, 1.82) is 5.26 Å². The van der Waals surface area contributed by atoms with Gasteiger partial charge in [0.15, 0.2) is 0 Å². The summed E-state index contributed by atoms with van der Waals surface area (Å²) in [5.41, 5.74) is 0.127. The average Bonchev–Trinajstić information content (AvgIpc) is 2.43. The second-order valence-electron chi connectivity index (χ2n) is 4.09. The molecule has 0 saturated carbocycles. The lowest BCUT2D eigenvalue weighted by Gasteiger charge is -2.21. The Kier molecular flexibility index (Phi) is 5.96. The molecule has 0 unspecified atom stereocenters. The molecule has 0 aliphatic heterocycles. The summed E-state index contributed by atoms with van der Waals surface area (Å²) in [6, 6.07) is 8.00. The fourth-order valence-corrected chi connectivity index (χ4v) is 3.33. The van der Waals surface area contributed by atoms with Crippen molar-refractivity contribution in [2.24, 2.45) is 0 Å². The first-order valence-electron chi connectivity index (χ1n) is 6.18. The van der Waals surface area contributed by atoms with Crippen molar-refractivity contribution in [3.63, 3.8) is 0 Å². The van der Waals surface area contributed by atoms with Gasteiger partial charge < -0.3 is 5.11 Å². The van der Waals surface area contributed by atoms with Crippen LogP contribution < -0.4 is 0 Å². The summed E-state index contributed by atoms with van der Waals surface area (Å²) in [5.74, 6) is 0. The number of nitrogens with zero attached hydrogens (tertiary/aromatic N) is 2. The maximum Gasteiger partial charge on any atom is 0.244 e. The molecule has 6 heteroatoms. The Labute approximate surface area is 114 Å². The van der Waals surface area contributed by atoms with Gasteiger partial charge in [0.2, 0.25) is 10.0 Å². The van der Waals surface area contributed by atoms with E-state index in [9.17, 15) is 8.42 Å². The number of hydrogen-bond acceptors (Lipinski definition) is 4. The highest BCUT2D eigenvalue weighted by molar-refractivity contribution is 7.89. The quantitative estimate of drug-likeness (QED) is 0.818. The maximum absolute atomic E-state index is 12.5. The lowest BCUT2D eigenvalue weighted by Crippen LogP contribution is -2.34. The van der Waals surface area contributed by atoms with Crippen molar-refractivity contribution >= 4 is 10.0 Å². The van der Waals surface area contributed by atoms with Crippen LogP contribution in [0.15, 0.2) is 29.2 Å². The number of aliphatic hydroxyl groups is 1. The van der Waals surface area contributed by atoms with Gasteiger partial charge in [0.05, 0.1) is 17.1 Å². The molecular weight excluding hydrogens is 264 g/mol. The zero-order chi connectivity index (χ0) is 14.3. The number of benzene rings is 1. The Balaban J connectivity index is 3.15. The van der Waals surface area contributed by atoms with E-state index in [1.807, 2.05) is 13.0 Å². The van der Waals surface area contributed by atoms with Gasteiger partial charge >= 0.3 is 0 Å². The van der Waals surface area contributed by atoms with Crippen molar-refractivity contribution in [3.8, 4) is 6.07 Å². The summed E-state index contributed by atoms with van der Waals surface area (Å²) in [7, 11) is -3.73. The number of aliphatic hydroxyl groups excluding tert-OH is 1. The van der Waals surface area contributed by atoms with E-state index < -0.39 is 10.0 Å². The second kappa shape index (κ2) is 7.24. The fraction of sp³-hybridized carbons (Fsp3) is 0.462. The molecule has 1 rings (SSSR count). The van der Waals surface area contributed by atoms with E-state index in [-0.39, 0.29) is 23.6 Å². The van der Waals surface area contributed by atoms with Crippen LogP contribution >= 0.6 is 0 Å². The molecule has 0 aliphatic rings. The van der Waals surface area contributed by atoms with Crippen LogP contribution in [0.3, 0.4) is 0 Å². The lowest BCUT2D eigenvalue weighted by molar-refractivity contribution is 0.252. The van der Waals surface area contributed by atoms with Crippen LogP contribution in [-0.2, 0) is 10.0 Å². The SMILES string of the molecule is CCCCN(CCO)S(=O)(=O)c1ccccc1C#N. The van der Waals surface area contributed by atoms with Crippen LogP contribution in [0.5, 0.6) is 0 Å². The third-order valence-electron chi connectivity index (χ3n) is 2.74. The van der Waals surface area contributed by atoms with E-state index >= 15 is 0 Å². The van der Waals surface area contributed by atoms with E-state index in [4.69, 9.17) is 10.4 Å². The minimum absolute atomic E-state index is 0.00190. The molecule has 1 aromatic rings. The summed E-state index contributed by atoms with van der Waals surface area (Å²) in [6.45, 7) is 2.12. The third-order valence-corrected chi connectivity index (χ3v) is 4.69. The molecule has 0 bridgehead atoms. The number of unbranched alkanes of at least 4 members (excludes halogenated alkanes) is 1. The van der Waals surface area contributed by atoms with Crippen molar-refractivity contribution in [2.45, 2.75) is 24.7 Å². The Hall–Kier alpha value is -1.42. The van der Waals surface area contributed by atoms with E-state index in [0.29, 0.717) is 13.0 Å². The lowest BCUT2D eigenvalue weighted by atomic mass is 10.2. The second-order valence-corrected chi connectivity index (χ2v) is 6.00. The first-order chi connectivity index (χ1) is 9.07. The predicted molar refractivity (Wildman–Crippen MR) is 71.9 cm³/mol. The van der Waals surface area contributed by atoms with Crippen LogP contribution in [0.1, 0.15) is 25.3 Å². The largest absolute Gasteiger partial charge is 0.395 e. The van der Waals surface area contributed by atoms with E-state index in [2.05, 4.69) is 0 Å². The van der Waals surface area contributed by atoms with Crippen molar-refractivity contribution in [3.05, 3.63) is 29.8 Å². The van der Waals surface area contributed by atoms with E-state index in [0.717, 1.165) is 6.42 Å².